The van der Waals surface area contributed by atoms with Crippen LogP contribution in [0.25, 0.3) is 0 Å². The van der Waals surface area contributed by atoms with Crippen molar-refractivity contribution in [1.29, 1.82) is 0 Å². The highest BCUT2D eigenvalue weighted by Gasteiger charge is 2.22. The fourth-order valence-corrected chi connectivity index (χ4v) is 1.86. The molecule has 0 spiro atoms. The van der Waals surface area contributed by atoms with Gasteiger partial charge in [0.2, 0.25) is 0 Å². The van der Waals surface area contributed by atoms with Crippen molar-refractivity contribution in [2.24, 2.45) is 5.92 Å². The summed E-state index contributed by atoms with van der Waals surface area (Å²) >= 11 is 0. The summed E-state index contributed by atoms with van der Waals surface area (Å²) in [5.41, 5.74) is 11.8. The van der Waals surface area contributed by atoms with Gasteiger partial charge in [0.1, 0.15) is 11.6 Å². The third-order valence-electron chi connectivity index (χ3n) is 3.00. The Morgan fingerprint density at radius 1 is 1.50 bits per heavy atom. The van der Waals surface area contributed by atoms with Crippen LogP contribution in [0, 0.1) is 5.92 Å². The van der Waals surface area contributed by atoms with Gasteiger partial charge in [-0.25, -0.2) is 4.98 Å². The fourth-order valence-electron chi connectivity index (χ4n) is 1.86. The summed E-state index contributed by atoms with van der Waals surface area (Å²) < 4.78 is 5.35. The van der Waals surface area contributed by atoms with Gasteiger partial charge in [-0.15, -0.1) is 0 Å². The van der Waals surface area contributed by atoms with E-state index in [0.29, 0.717) is 23.5 Å². The van der Waals surface area contributed by atoms with Gasteiger partial charge in [-0.3, -0.25) is 0 Å². The molecule has 1 aromatic rings. The minimum atomic E-state index is 0.332. The standard InChI is InChI=1S/C11H18N4O/c1-7(8-4-5-16-6-8)14-10-3-2-9(12)11(13)15-10/h2-3,7-8H,4-6,12H2,1H3,(H3,13,14,15). The Kier molecular flexibility index (Phi) is 3.14. The van der Waals surface area contributed by atoms with Gasteiger partial charge >= 0.3 is 0 Å². The van der Waals surface area contributed by atoms with Gasteiger partial charge in [-0.05, 0) is 25.5 Å². The predicted molar refractivity (Wildman–Crippen MR) is 65.1 cm³/mol. The van der Waals surface area contributed by atoms with E-state index in [0.717, 1.165) is 25.5 Å². The molecule has 5 heteroatoms. The average molecular weight is 222 g/mol. The first-order valence-corrected chi connectivity index (χ1v) is 5.53. The number of pyridine rings is 1. The second-order valence-electron chi connectivity index (χ2n) is 4.23. The Morgan fingerprint density at radius 2 is 2.31 bits per heavy atom. The first-order chi connectivity index (χ1) is 7.66. The molecule has 0 aromatic carbocycles. The number of nitrogen functional groups attached to an aromatic ring is 2. The number of nitrogens with two attached hydrogens (primary N) is 2. The van der Waals surface area contributed by atoms with Crippen molar-refractivity contribution in [3.05, 3.63) is 12.1 Å². The molecule has 0 bridgehead atoms. The summed E-state index contributed by atoms with van der Waals surface area (Å²) in [5.74, 6) is 1.69. The maximum atomic E-state index is 5.65. The lowest BCUT2D eigenvalue weighted by atomic mass is 10.0. The molecular weight excluding hydrogens is 204 g/mol. The smallest absolute Gasteiger partial charge is 0.149 e. The van der Waals surface area contributed by atoms with Gasteiger partial charge in [0.25, 0.3) is 0 Å². The van der Waals surface area contributed by atoms with Crippen molar-refractivity contribution in [3.63, 3.8) is 0 Å². The van der Waals surface area contributed by atoms with E-state index in [2.05, 4.69) is 17.2 Å². The topological polar surface area (TPSA) is 86.2 Å². The summed E-state index contributed by atoms with van der Waals surface area (Å²) in [6.07, 6.45) is 1.10. The van der Waals surface area contributed by atoms with Gasteiger partial charge in [0.15, 0.2) is 0 Å². The normalized spacial score (nSPS) is 21.9. The summed E-state index contributed by atoms with van der Waals surface area (Å²) in [7, 11) is 0. The molecule has 1 fully saturated rings. The average Bonchev–Trinajstić information content (AvgIpc) is 2.77. The Morgan fingerprint density at radius 3 is 2.94 bits per heavy atom. The Balaban J connectivity index is 1.99. The van der Waals surface area contributed by atoms with Crippen molar-refractivity contribution in [2.75, 3.05) is 30.0 Å². The van der Waals surface area contributed by atoms with Gasteiger partial charge in [0.05, 0.1) is 12.3 Å². The Labute approximate surface area is 95.2 Å². The SMILES string of the molecule is CC(Nc1ccc(N)c(N)n1)C1CCOC1. The molecule has 1 aliphatic heterocycles. The monoisotopic (exact) mass is 222 g/mol. The predicted octanol–water partition coefficient (Wildman–Crippen LogP) is 1.08. The maximum Gasteiger partial charge on any atom is 0.149 e. The van der Waals surface area contributed by atoms with Crippen LogP contribution in [-0.2, 0) is 4.74 Å². The van der Waals surface area contributed by atoms with E-state index in [1.165, 1.54) is 0 Å². The number of anilines is 3. The number of ether oxygens (including phenoxy) is 1. The second kappa shape index (κ2) is 4.57. The van der Waals surface area contributed by atoms with Crippen LogP contribution in [0.5, 0.6) is 0 Å². The van der Waals surface area contributed by atoms with Gasteiger partial charge < -0.3 is 21.5 Å². The van der Waals surface area contributed by atoms with Crippen molar-refractivity contribution < 1.29 is 4.74 Å². The largest absolute Gasteiger partial charge is 0.396 e. The molecule has 0 radical (unpaired) electrons. The quantitative estimate of drug-likeness (QED) is 0.712. The molecular formula is C11H18N4O. The summed E-state index contributed by atoms with van der Waals surface area (Å²) in [6, 6.07) is 3.94. The highest BCUT2D eigenvalue weighted by atomic mass is 16.5. The molecule has 2 heterocycles. The molecule has 1 aromatic heterocycles. The fraction of sp³-hybridized carbons (Fsp3) is 0.545. The molecule has 5 N–H and O–H groups in total. The molecule has 1 aliphatic rings. The van der Waals surface area contributed by atoms with Crippen LogP contribution >= 0.6 is 0 Å². The van der Waals surface area contributed by atoms with Crippen LogP contribution in [0.4, 0.5) is 17.3 Å². The number of nitrogens with one attached hydrogen (secondary N) is 1. The lowest BCUT2D eigenvalue weighted by Crippen LogP contribution is -2.26. The van der Waals surface area contributed by atoms with E-state index < -0.39 is 0 Å². The summed E-state index contributed by atoms with van der Waals surface area (Å²) in [4.78, 5) is 4.18. The minimum Gasteiger partial charge on any atom is -0.396 e. The van der Waals surface area contributed by atoms with Crippen LogP contribution in [0.15, 0.2) is 12.1 Å². The summed E-state index contributed by atoms with van der Waals surface area (Å²) in [6.45, 7) is 3.81. The highest BCUT2D eigenvalue weighted by Crippen LogP contribution is 2.21. The lowest BCUT2D eigenvalue weighted by Gasteiger charge is -2.20. The van der Waals surface area contributed by atoms with Gasteiger partial charge in [0, 0.05) is 18.6 Å². The lowest BCUT2D eigenvalue weighted by molar-refractivity contribution is 0.183. The van der Waals surface area contributed by atoms with Gasteiger partial charge in [-0.2, -0.15) is 0 Å². The van der Waals surface area contributed by atoms with E-state index >= 15 is 0 Å². The van der Waals surface area contributed by atoms with Gasteiger partial charge in [-0.1, -0.05) is 0 Å². The number of hydrogen-bond acceptors (Lipinski definition) is 5. The molecule has 88 valence electrons. The molecule has 5 nitrogen and oxygen atoms in total. The molecule has 2 rings (SSSR count). The molecule has 1 saturated heterocycles. The van der Waals surface area contributed by atoms with Crippen LogP contribution in [0.2, 0.25) is 0 Å². The van der Waals surface area contributed by atoms with E-state index in [-0.39, 0.29) is 0 Å². The second-order valence-corrected chi connectivity index (χ2v) is 4.23. The molecule has 0 aliphatic carbocycles. The van der Waals surface area contributed by atoms with Crippen molar-refractivity contribution in [2.45, 2.75) is 19.4 Å². The van der Waals surface area contributed by atoms with Crippen LogP contribution < -0.4 is 16.8 Å². The zero-order valence-corrected chi connectivity index (χ0v) is 9.44. The highest BCUT2D eigenvalue weighted by molar-refractivity contribution is 5.61. The van der Waals surface area contributed by atoms with Crippen LogP contribution in [0.3, 0.4) is 0 Å². The van der Waals surface area contributed by atoms with Crippen molar-refractivity contribution >= 4 is 17.3 Å². The maximum absolute atomic E-state index is 5.65. The number of hydrogen-bond donors (Lipinski definition) is 3. The number of rotatable bonds is 3. The number of nitrogens with zero attached hydrogens (tertiary/aromatic N) is 1. The summed E-state index contributed by atoms with van der Waals surface area (Å²) in [5, 5.41) is 3.33. The molecule has 16 heavy (non-hydrogen) atoms. The van der Waals surface area contributed by atoms with E-state index in [1.807, 2.05) is 6.07 Å². The van der Waals surface area contributed by atoms with E-state index in [4.69, 9.17) is 16.2 Å². The van der Waals surface area contributed by atoms with E-state index in [1.54, 1.807) is 6.07 Å². The van der Waals surface area contributed by atoms with Crippen molar-refractivity contribution in [3.8, 4) is 0 Å². The zero-order chi connectivity index (χ0) is 11.5. The first-order valence-electron chi connectivity index (χ1n) is 5.53. The number of aromatic nitrogens is 1. The third kappa shape index (κ3) is 2.36. The Bertz CT molecular complexity index is 363. The molecule has 2 unspecified atom stereocenters. The Hall–Kier alpha value is -1.49. The van der Waals surface area contributed by atoms with Crippen LogP contribution in [-0.4, -0.2) is 24.2 Å². The molecule has 2 atom stereocenters. The van der Waals surface area contributed by atoms with E-state index in [9.17, 15) is 0 Å². The minimum absolute atomic E-state index is 0.332. The third-order valence-corrected chi connectivity index (χ3v) is 3.00. The van der Waals surface area contributed by atoms with Crippen molar-refractivity contribution in [1.82, 2.24) is 4.98 Å². The van der Waals surface area contributed by atoms with Crippen LogP contribution in [0.1, 0.15) is 13.3 Å². The molecule has 0 amide bonds. The molecule has 0 saturated carbocycles. The first kappa shape index (κ1) is 11.0. The zero-order valence-electron chi connectivity index (χ0n) is 9.44.